The molecule has 0 spiro atoms. The highest BCUT2D eigenvalue weighted by molar-refractivity contribution is 5.70. The monoisotopic (exact) mass is 459 g/mol. The van der Waals surface area contributed by atoms with Crippen LogP contribution < -0.4 is 5.32 Å². The van der Waals surface area contributed by atoms with E-state index in [2.05, 4.69) is 34.4 Å². The lowest BCUT2D eigenvalue weighted by atomic mass is 9.83. The van der Waals surface area contributed by atoms with Crippen molar-refractivity contribution in [1.29, 1.82) is 0 Å². The molecule has 33 heavy (non-hydrogen) atoms. The van der Waals surface area contributed by atoms with Crippen LogP contribution in [-0.4, -0.2) is 74.5 Å². The highest BCUT2D eigenvalue weighted by atomic mass is 16.7. The van der Waals surface area contributed by atoms with Crippen molar-refractivity contribution < 1.29 is 23.7 Å². The van der Waals surface area contributed by atoms with E-state index in [4.69, 9.17) is 24.5 Å². The van der Waals surface area contributed by atoms with Gasteiger partial charge in [-0.1, -0.05) is 35.4 Å². The predicted octanol–water partition coefficient (Wildman–Crippen LogP) is 3.53. The van der Waals surface area contributed by atoms with Gasteiger partial charge in [-0.25, -0.2) is 4.79 Å². The first-order valence-corrected chi connectivity index (χ1v) is 11.6. The molecule has 0 bridgehead atoms. The fourth-order valence-corrected chi connectivity index (χ4v) is 5.10. The lowest BCUT2D eigenvalue weighted by Gasteiger charge is -2.43. The van der Waals surface area contributed by atoms with Crippen LogP contribution in [0.4, 0.5) is 4.79 Å². The molecule has 10 heteroatoms. The van der Waals surface area contributed by atoms with Crippen molar-refractivity contribution in [2.75, 3.05) is 20.7 Å². The summed E-state index contributed by atoms with van der Waals surface area (Å²) in [6.07, 6.45) is 0.727. The second kappa shape index (κ2) is 10.7. The number of carbonyl (C=O) groups is 1. The van der Waals surface area contributed by atoms with Gasteiger partial charge in [0.05, 0.1) is 18.2 Å². The number of azide groups is 1. The second-order valence-electron chi connectivity index (χ2n) is 8.99. The van der Waals surface area contributed by atoms with Crippen LogP contribution in [0.15, 0.2) is 35.4 Å². The fourth-order valence-electron chi connectivity index (χ4n) is 5.10. The third-order valence-electron chi connectivity index (χ3n) is 6.94. The third kappa shape index (κ3) is 5.26. The minimum absolute atomic E-state index is 0.00717. The molecule has 10 nitrogen and oxygen atoms in total. The molecule has 180 valence electrons. The number of nitrogens with zero attached hydrogens (tertiary/aromatic N) is 4. The van der Waals surface area contributed by atoms with Gasteiger partial charge in [0.2, 0.25) is 0 Å². The number of methoxy groups -OCH3 is 1. The predicted molar refractivity (Wildman–Crippen MR) is 120 cm³/mol. The molecule has 1 aromatic rings. The van der Waals surface area contributed by atoms with Gasteiger partial charge in [-0.3, -0.25) is 0 Å². The van der Waals surface area contributed by atoms with E-state index in [0.29, 0.717) is 13.0 Å². The summed E-state index contributed by atoms with van der Waals surface area (Å²) in [5.74, 6) is 0. The maximum Gasteiger partial charge on any atom is 0.410 e. The molecule has 0 unspecified atom stereocenters. The van der Waals surface area contributed by atoms with Crippen LogP contribution in [0.2, 0.25) is 0 Å². The Kier molecular flexibility index (Phi) is 7.72. The van der Waals surface area contributed by atoms with Crippen molar-refractivity contribution in [2.45, 2.75) is 81.4 Å². The van der Waals surface area contributed by atoms with E-state index in [-0.39, 0.29) is 24.3 Å². The van der Waals surface area contributed by atoms with Crippen molar-refractivity contribution in [1.82, 2.24) is 10.2 Å². The topological polar surface area (TPSA) is 118 Å². The molecule has 1 amide bonds. The maximum absolute atomic E-state index is 12.3. The Labute approximate surface area is 194 Å². The van der Waals surface area contributed by atoms with Crippen LogP contribution in [0, 0.1) is 0 Å². The van der Waals surface area contributed by atoms with Crippen molar-refractivity contribution in [3.05, 3.63) is 46.3 Å². The molecule has 1 aliphatic carbocycles. The van der Waals surface area contributed by atoms with Gasteiger partial charge >= 0.3 is 6.09 Å². The van der Waals surface area contributed by atoms with E-state index in [1.807, 2.05) is 18.2 Å². The van der Waals surface area contributed by atoms with Crippen molar-refractivity contribution >= 4 is 6.09 Å². The number of ether oxygens (including phenoxy) is 4. The van der Waals surface area contributed by atoms with Crippen molar-refractivity contribution in [3.63, 3.8) is 0 Å². The summed E-state index contributed by atoms with van der Waals surface area (Å²) in [7, 11) is 3.28. The number of likely N-dealkylation sites (N-methyl/N-ethyl adjacent to an activating group) is 1. The van der Waals surface area contributed by atoms with Gasteiger partial charge in [0.15, 0.2) is 12.4 Å². The first-order chi connectivity index (χ1) is 16.0. The summed E-state index contributed by atoms with van der Waals surface area (Å²) in [4.78, 5) is 16.8. The van der Waals surface area contributed by atoms with E-state index in [1.165, 1.54) is 5.56 Å². The van der Waals surface area contributed by atoms with Gasteiger partial charge in [-0.2, -0.15) is 0 Å². The lowest BCUT2D eigenvalue weighted by molar-refractivity contribution is -0.240. The maximum atomic E-state index is 12.3. The minimum atomic E-state index is -0.592. The fraction of sp³-hybridized carbons (Fsp3) is 0.696. The highest BCUT2D eigenvalue weighted by Crippen LogP contribution is 2.37. The van der Waals surface area contributed by atoms with Crippen LogP contribution in [0.3, 0.4) is 0 Å². The normalized spacial score (nSPS) is 34.8. The van der Waals surface area contributed by atoms with Gasteiger partial charge < -0.3 is 29.2 Å². The first-order valence-electron chi connectivity index (χ1n) is 11.6. The van der Waals surface area contributed by atoms with E-state index in [9.17, 15) is 4.79 Å². The average Bonchev–Trinajstić information content (AvgIpc) is 3.14. The van der Waals surface area contributed by atoms with Crippen LogP contribution >= 0.6 is 0 Å². The number of carbonyl (C=O) groups excluding carboxylic acids is 1. The molecule has 2 aliphatic heterocycles. The molecule has 2 heterocycles. The average molecular weight is 460 g/mol. The van der Waals surface area contributed by atoms with Gasteiger partial charge in [0.1, 0.15) is 12.1 Å². The molecule has 2 saturated heterocycles. The zero-order chi connectivity index (χ0) is 23.4. The number of hydrogen-bond donors (Lipinski definition) is 1. The van der Waals surface area contributed by atoms with Crippen molar-refractivity contribution in [3.8, 4) is 0 Å². The van der Waals surface area contributed by atoms with E-state index in [1.54, 1.807) is 19.1 Å². The quantitative estimate of drug-likeness (QED) is 0.361. The van der Waals surface area contributed by atoms with Crippen LogP contribution in [0.5, 0.6) is 0 Å². The van der Waals surface area contributed by atoms with E-state index < -0.39 is 30.6 Å². The molecule has 3 fully saturated rings. The van der Waals surface area contributed by atoms with E-state index >= 15 is 0 Å². The standard InChI is InChI=1S/C23H33N5O5/c1-14(15-8-5-4-6-9-15)25-13-16-10-7-11-19(31-16)32-21-17(26-27-24)12-18(30-3)20-22(21)33-23(29)28(20)2/h4-6,8-9,14,16-22,25H,7,10-13H2,1-3H3/t14-,16+,17+,18+,19-,20-,21-,22-/m1/s1. The Hall–Kier alpha value is -2.36. The van der Waals surface area contributed by atoms with E-state index in [0.717, 1.165) is 19.3 Å². The molecule has 3 aliphatic rings. The van der Waals surface area contributed by atoms with Gasteiger partial charge in [0, 0.05) is 31.7 Å². The Morgan fingerprint density at radius 2 is 2.12 bits per heavy atom. The summed E-state index contributed by atoms with van der Waals surface area (Å²) in [5.41, 5.74) is 10.3. The Balaban J connectivity index is 1.39. The molecular formula is C23H33N5O5. The summed E-state index contributed by atoms with van der Waals surface area (Å²) in [6.45, 7) is 2.84. The smallest absolute Gasteiger partial charge is 0.410 e. The molecule has 4 rings (SSSR count). The van der Waals surface area contributed by atoms with Crippen LogP contribution in [0.1, 0.15) is 44.2 Å². The number of hydrogen-bond acceptors (Lipinski definition) is 7. The zero-order valence-electron chi connectivity index (χ0n) is 19.4. The SMILES string of the molecule is CO[C@H]1C[C@H](N=[N+]=[N-])[C@@H](O[C@@H]2CCC[C@@H](CN[C@H](C)c3ccccc3)O2)[C@@H]2OC(=O)N(C)[C@@H]21. The Morgan fingerprint density at radius 1 is 1.33 bits per heavy atom. The highest BCUT2D eigenvalue weighted by Gasteiger charge is 2.55. The van der Waals surface area contributed by atoms with Gasteiger partial charge in [-0.15, -0.1) is 0 Å². The number of rotatable bonds is 8. The van der Waals surface area contributed by atoms with Gasteiger partial charge in [-0.05, 0) is 43.7 Å². The van der Waals surface area contributed by atoms with Gasteiger partial charge in [0.25, 0.3) is 0 Å². The second-order valence-corrected chi connectivity index (χ2v) is 8.99. The Bertz CT molecular complexity index is 851. The zero-order valence-corrected chi connectivity index (χ0v) is 19.4. The minimum Gasteiger partial charge on any atom is -0.441 e. The molecule has 1 aromatic carbocycles. The molecule has 8 atom stereocenters. The Morgan fingerprint density at radius 3 is 2.85 bits per heavy atom. The number of fused-ring (bicyclic) bond motifs is 1. The number of amides is 1. The van der Waals surface area contributed by atoms with Crippen LogP contribution in [-0.2, 0) is 18.9 Å². The number of nitrogens with one attached hydrogen (secondary N) is 1. The molecule has 1 saturated carbocycles. The summed E-state index contributed by atoms with van der Waals surface area (Å²) >= 11 is 0. The molecule has 1 N–H and O–H groups in total. The molecular weight excluding hydrogens is 426 g/mol. The summed E-state index contributed by atoms with van der Waals surface area (Å²) in [6, 6.07) is 9.69. The largest absolute Gasteiger partial charge is 0.441 e. The number of benzene rings is 1. The van der Waals surface area contributed by atoms with Crippen LogP contribution in [0.25, 0.3) is 10.4 Å². The summed E-state index contributed by atoms with van der Waals surface area (Å²) < 4.78 is 23.8. The molecule has 0 aromatic heterocycles. The summed E-state index contributed by atoms with van der Waals surface area (Å²) in [5, 5.41) is 7.49. The lowest BCUT2D eigenvalue weighted by Crippen LogP contribution is -2.59. The molecule has 0 radical (unpaired) electrons. The third-order valence-corrected chi connectivity index (χ3v) is 6.94. The van der Waals surface area contributed by atoms with Crippen molar-refractivity contribution in [2.24, 2.45) is 5.11 Å². The first kappa shape index (κ1) is 23.8.